The Labute approximate surface area is 120 Å². The Kier molecular flexibility index (Phi) is 4.45. The second-order valence-corrected chi connectivity index (χ2v) is 4.33. The lowest BCUT2D eigenvalue weighted by atomic mass is 10.2. The van der Waals surface area contributed by atoms with E-state index in [1.165, 1.54) is 25.3 Å². The number of hydrogen-bond donors (Lipinski definition) is 2. The lowest BCUT2D eigenvalue weighted by Gasteiger charge is -2.08. The molecule has 0 radical (unpaired) electrons. The molecule has 1 aromatic carbocycles. The van der Waals surface area contributed by atoms with Crippen molar-refractivity contribution in [2.45, 2.75) is 13.5 Å². The monoisotopic (exact) mass is 286 g/mol. The number of rotatable bonds is 4. The molecular weight excluding hydrogens is 272 g/mol. The highest BCUT2D eigenvalue weighted by Crippen LogP contribution is 2.14. The first-order valence-electron chi connectivity index (χ1n) is 6.24. The van der Waals surface area contributed by atoms with Crippen molar-refractivity contribution >= 4 is 23.2 Å². The fourth-order valence-electron chi connectivity index (χ4n) is 1.72. The predicted octanol–water partition coefficient (Wildman–Crippen LogP) is 0.840. The summed E-state index contributed by atoms with van der Waals surface area (Å²) < 4.78 is 1.06. The largest absolute Gasteiger partial charge is 0.326 e. The maximum absolute atomic E-state index is 11.9. The van der Waals surface area contributed by atoms with Gasteiger partial charge in [0, 0.05) is 30.6 Å². The summed E-state index contributed by atoms with van der Waals surface area (Å²) in [6, 6.07) is 9.56. The van der Waals surface area contributed by atoms with Crippen LogP contribution in [0.4, 0.5) is 11.4 Å². The van der Waals surface area contributed by atoms with E-state index in [2.05, 4.69) is 15.7 Å². The molecule has 0 fully saturated rings. The SMILES string of the molecule is CC(=O)Nc1cccc(NC(=O)Cn2ncccc2=O)c1. The van der Waals surface area contributed by atoms with Crippen molar-refractivity contribution in [3.8, 4) is 0 Å². The molecule has 7 heteroatoms. The van der Waals surface area contributed by atoms with Gasteiger partial charge >= 0.3 is 0 Å². The summed E-state index contributed by atoms with van der Waals surface area (Å²) in [6.45, 7) is 1.22. The van der Waals surface area contributed by atoms with E-state index in [1.807, 2.05) is 0 Å². The van der Waals surface area contributed by atoms with E-state index in [4.69, 9.17) is 0 Å². The second-order valence-electron chi connectivity index (χ2n) is 4.33. The first kappa shape index (κ1) is 14.4. The van der Waals surface area contributed by atoms with Crippen molar-refractivity contribution in [3.63, 3.8) is 0 Å². The van der Waals surface area contributed by atoms with Gasteiger partial charge in [0.15, 0.2) is 0 Å². The Morgan fingerprint density at radius 3 is 2.52 bits per heavy atom. The Balaban J connectivity index is 2.04. The average molecular weight is 286 g/mol. The predicted molar refractivity (Wildman–Crippen MR) is 77.9 cm³/mol. The molecular formula is C14H14N4O3. The third kappa shape index (κ3) is 4.27. The summed E-state index contributed by atoms with van der Waals surface area (Å²) in [7, 11) is 0. The van der Waals surface area contributed by atoms with Crippen molar-refractivity contribution in [3.05, 3.63) is 52.9 Å². The smallest absolute Gasteiger partial charge is 0.267 e. The van der Waals surface area contributed by atoms with Crippen LogP contribution in [0.2, 0.25) is 0 Å². The van der Waals surface area contributed by atoms with E-state index < -0.39 is 0 Å². The fraction of sp³-hybridized carbons (Fsp3) is 0.143. The number of amides is 2. The molecule has 0 spiro atoms. The van der Waals surface area contributed by atoms with E-state index in [9.17, 15) is 14.4 Å². The minimum atomic E-state index is -0.379. The van der Waals surface area contributed by atoms with Crippen LogP contribution in [0.5, 0.6) is 0 Å². The number of benzene rings is 1. The third-order valence-electron chi connectivity index (χ3n) is 2.55. The van der Waals surface area contributed by atoms with Crippen LogP contribution in [0.15, 0.2) is 47.4 Å². The van der Waals surface area contributed by atoms with Crippen molar-refractivity contribution in [2.24, 2.45) is 0 Å². The molecule has 2 N–H and O–H groups in total. The number of carbonyl (C=O) groups is 2. The lowest BCUT2D eigenvalue weighted by molar-refractivity contribution is -0.117. The minimum Gasteiger partial charge on any atom is -0.326 e. The summed E-state index contributed by atoms with van der Waals surface area (Å²) in [4.78, 5) is 34.3. The molecule has 21 heavy (non-hydrogen) atoms. The third-order valence-corrected chi connectivity index (χ3v) is 2.55. The van der Waals surface area contributed by atoms with Gasteiger partial charge in [-0.15, -0.1) is 0 Å². The molecule has 0 bridgehead atoms. The van der Waals surface area contributed by atoms with Crippen LogP contribution in [0.1, 0.15) is 6.92 Å². The molecule has 0 saturated heterocycles. The zero-order valence-corrected chi connectivity index (χ0v) is 11.4. The molecule has 108 valence electrons. The number of hydrogen-bond acceptors (Lipinski definition) is 4. The van der Waals surface area contributed by atoms with Gasteiger partial charge in [0.25, 0.3) is 5.56 Å². The molecule has 0 aliphatic carbocycles. The minimum absolute atomic E-state index is 0.177. The van der Waals surface area contributed by atoms with E-state index in [0.29, 0.717) is 11.4 Å². The molecule has 0 saturated carbocycles. The molecule has 0 atom stereocenters. The van der Waals surface area contributed by atoms with Gasteiger partial charge in [-0.2, -0.15) is 5.10 Å². The highest BCUT2D eigenvalue weighted by molar-refractivity contribution is 5.93. The van der Waals surface area contributed by atoms with Gasteiger partial charge in [0.1, 0.15) is 6.54 Å². The number of anilines is 2. The van der Waals surface area contributed by atoms with E-state index in [0.717, 1.165) is 4.68 Å². The van der Waals surface area contributed by atoms with E-state index in [-0.39, 0.29) is 23.9 Å². The molecule has 7 nitrogen and oxygen atoms in total. The Bertz CT molecular complexity index is 724. The normalized spacial score (nSPS) is 9.95. The lowest BCUT2D eigenvalue weighted by Crippen LogP contribution is -2.28. The Hall–Kier alpha value is -2.96. The van der Waals surface area contributed by atoms with E-state index in [1.54, 1.807) is 24.3 Å². The molecule has 0 unspecified atom stereocenters. The van der Waals surface area contributed by atoms with Crippen LogP contribution in [0.25, 0.3) is 0 Å². The van der Waals surface area contributed by atoms with Crippen LogP contribution >= 0.6 is 0 Å². The molecule has 2 rings (SSSR count). The Morgan fingerprint density at radius 1 is 1.14 bits per heavy atom. The molecule has 1 heterocycles. The summed E-state index contributed by atoms with van der Waals surface area (Å²) in [5, 5.41) is 9.06. The number of carbonyl (C=O) groups excluding carboxylic acids is 2. The van der Waals surface area contributed by atoms with Gasteiger partial charge in [0.2, 0.25) is 11.8 Å². The van der Waals surface area contributed by atoms with Gasteiger partial charge in [-0.1, -0.05) is 6.07 Å². The van der Waals surface area contributed by atoms with Crippen LogP contribution < -0.4 is 16.2 Å². The first-order chi connectivity index (χ1) is 10.0. The molecule has 2 aromatic rings. The number of nitrogens with zero attached hydrogens (tertiary/aromatic N) is 2. The fourth-order valence-corrected chi connectivity index (χ4v) is 1.72. The standard InChI is InChI=1S/C14H14N4O3/c1-10(19)16-11-4-2-5-12(8-11)17-13(20)9-18-14(21)6-3-7-15-18/h2-8H,9H2,1H3,(H,16,19)(H,17,20). The highest BCUT2D eigenvalue weighted by Gasteiger charge is 2.06. The maximum Gasteiger partial charge on any atom is 0.267 e. The quantitative estimate of drug-likeness (QED) is 0.871. The van der Waals surface area contributed by atoms with Crippen molar-refractivity contribution < 1.29 is 9.59 Å². The highest BCUT2D eigenvalue weighted by atomic mass is 16.2. The second kappa shape index (κ2) is 6.47. The van der Waals surface area contributed by atoms with Crippen molar-refractivity contribution in [1.29, 1.82) is 0 Å². The summed E-state index contributed by atoms with van der Waals surface area (Å²) in [6.07, 6.45) is 1.44. The van der Waals surface area contributed by atoms with Crippen molar-refractivity contribution in [1.82, 2.24) is 9.78 Å². The number of aromatic nitrogens is 2. The zero-order valence-electron chi connectivity index (χ0n) is 11.4. The van der Waals surface area contributed by atoms with Gasteiger partial charge in [-0.25, -0.2) is 4.68 Å². The van der Waals surface area contributed by atoms with E-state index >= 15 is 0 Å². The first-order valence-corrected chi connectivity index (χ1v) is 6.24. The summed E-state index contributed by atoms with van der Waals surface area (Å²) in [5.74, 6) is -0.575. The summed E-state index contributed by atoms with van der Waals surface area (Å²) >= 11 is 0. The van der Waals surface area contributed by atoms with Crippen LogP contribution in [-0.2, 0) is 16.1 Å². The molecule has 0 aliphatic rings. The topological polar surface area (TPSA) is 93.1 Å². The molecule has 1 aromatic heterocycles. The molecule has 2 amide bonds. The Morgan fingerprint density at radius 2 is 1.86 bits per heavy atom. The average Bonchev–Trinajstić information content (AvgIpc) is 2.41. The van der Waals surface area contributed by atoms with Crippen LogP contribution in [0.3, 0.4) is 0 Å². The van der Waals surface area contributed by atoms with Gasteiger partial charge in [0.05, 0.1) is 0 Å². The number of nitrogens with one attached hydrogen (secondary N) is 2. The van der Waals surface area contributed by atoms with Crippen LogP contribution in [-0.4, -0.2) is 21.6 Å². The maximum atomic E-state index is 11.9. The van der Waals surface area contributed by atoms with Gasteiger partial charge in [-0.3, -0.25) is 14.4 Å². The zero-order chi connectivity index (χ0) is 15.2. The van der Waals surface area contributed by atoms with Gasteiger partial charge in [-0.05, 0) is 24.3 Å². The summed E-state index contributed by atoms with van der Waals surface area (Å²) in [5.41, 5.74) is 0.755. The molecule has 0 aliphatic heterocycles. The van der Waals surface area contributed by atoms with Crippen LogP contribution in [0, 0.1) is 0 Å². The van der Waals surface area contributed by atoms with Gasteiger partial charge < -0.3 is 10.6 Å². The van der Waals surface area contributed by atoms with Crippen molar-refractivity contribution in [2.75, 3.05) is 10.6 Å².